The molecular formula is C31H28FO4S+. The van der Waals surface area contributed by atoms with E-state index in [4.69, 9.17) is 9.47 Å². The molecule has 4 rings (SSSR count). The van der Waals surface area contributed by atoms with Crippen LogP contribution >= 0.6 is 10.5 Å². The number of carbonyl (C=O) groups is 2. The van der Waals surface area contributed by atoms with Gasteiger partial charge in [-0.2, -0.15) is 0 Å². The fourth-order valence-corrected chi connectivity index (χ4v) is 6.38. The van der Waals surface area contributed by atoms with E-state index in [-0.39, 0.29) is 28.7 Å². The molecule has 0 spiro atoms. The summed E-state index contributed by atoms with van der Waals surface area (Å²) in [5.41, 5.74) is 2.13. The Morgan fingerprint density at radius 1 is 1.00 bits per heavy atom. The number of ether oxygens (including phenoxy) is 2. The molecule has 6 heteroatoms. The van der Waals surface area contributed by atoms with E-state index in [1.807, 2.05) is 49.6 Å². The van der Waals surface area contributed by atoms with E-state index in [0.717, 1.165) is 31.7 Å². The Bertz CT molecular complexity index is 1530. The summed E-state index contributed by atoms with van der Waals surface area (Å²) in [5, 5.41) is 3.04. The Labute approximate surface area is 219 Å². The Hall–Kier alpha value is -3.95. The number of thiophene rings is 1. The van der Waals surface area contributed by atoms with Crippen LogP contribution in [0.15, 0.2) is 66.0 Å². The van der Waals surface area contributed by atoms with Crippen LogP contribution in [0.5, 0.6) is 5.75 Å². The minimum Gasteiger partial charge on any atom is -0.481 e. The van der Waals surface area contributed by atoms with E-state index < -0.39 is 11.6 Å². The molecule has 37 heavy (non-hydrogen) atoms. The third-order valence-electron chi connectivity index (χ3n) is 5.77. The predicted octanol–water partition coefficient (Wildman–Crippen LogP) is 7.29. The summed E-state index contributed by atoms with van der Waals surface area (Å²) >= 11 is 0. The molecule has 0 saturated heterocycles. The van der Waals surface area contributed by atoms with E-state index in [2.05, 4.69) is 17.9 Å². The van der Waals surface area contributed by atoms with Gasteiger partial charge in [0.2, 0.25) is 0 Å². The second-order valence-electron chi connectivity index (χ2n) is 9.34. The van der Waals surface area contributed by atoms with Crippen molar-refractivity contribution in [2.24, 2.45) is 0 Å². The van der Waals surface area contributed by atoms with Gasteiger partial charge < -0.3 is 9.47 Å². The molecule has 0 radical (unpaired) electrons. The Morgan fingerprint density at radius 3 is 2.30 bits per heavy atom. The normalized spacial score (nSPS) is 11.6. The molecule has 0 amide bonds. The van der Waals surface area contributed by atoms with Crippen LogP contribution in [0.1, 0.15) is 47.8 Å². The van der Waals surface area contributed by atoms with Crippen molar-refractivity contribution < 1.29 is 23.5 Å². The molecule has 1 heterocycles. The van der Waals surface area contributed by atoms with Gasteiger partial charge in [-0.3, -0.25) is 4.79 Å². The highest BCUT2D eigenvalue weighted by atomic mass is 32.2. The number of rotatable bonds is 6. The number of hydrogen-bond acceptors (Lipinski definition) is 4. The van der Waals surface area contributed by atoms with Gasteiger partial charge in [0.1, 0.15) is 11.6 Å². The van der Waals surface area contributed by atoms with Crippen LogP contribution in [-0.4, -0.2) is 24.0 Å². The molecule has 0 bridgehead atoms. The molecular weight excluding hydrogens is 487 g/mol. The Morgan fingerprint density at radius 2 is 1.65 bits per heavy atom. The number of fused-ring (bicyclic) bond motifs is 1. The molecule has 0 saturated carbocycles. The first-order chi connectivity index (χ1) is 17.5. The summed E-state index contributed by atoms with van der Waals surface area (Å²) < 4.78 is 25.6. The van der Waals surface area contributed by atoms with E-state index in [1.165, 1.54) is 12.1 Å². The van der Waals surface area contributed by atoms with E-state index >= 15 is 0 Å². The van der Waals surface area contributed by atoms with Crippen molar-refractivity contribution in [3.05, 3.63) is 94.1 Å². The first kappa shape index (κ1) is 26.1. The molecule has 0 aliphatic heterocycles. The minimum absolute atomic E-state index is 0.0552. The third kappa shape index (κ3) is 6.07. The number of Topliss-reactive ketones (excluding diaryl/α,β-unsaturated/α-hetero) is 1. The smallest absolute Gasteiger partial charge is 0.345 e. The SMILES string of the molecule is CC(=O)c1c[s+](-c2cc(C)c(OCC(=O)OC(C)(C)C#Cc3ccc(F)cc3)c(C)c2)c2ccccc12. The fourth-order valence-electron chi connectivity index (χ4n) is 4.09. The lowest BCUT2D eigenvalue weighted by Gasteiger charge is -2.19. The molecule has 0 aliphatic rings. The van der Waals surface area contributed by atoms with Crippen molar-refractivity contribution in [1.82, 2.24) is 0 Å². The second-order valence-corrected chi connectivity index (χ2v) is 11.2. The summed E-state index contributed by atoms with van der Waals surface area (Å²) in [5.74, 6) is 5.61. The maximum atomic E-state index is 13.1. The molecule has 1 unspecified atom stereocenters. The van der Waals surface area contributed by atoms with Gasteiger partial charge in [-0.1, -0.05) is 24.0 Å². The highest BCUT2D eigenvalue weighted by Gasteiger charge is 2.25. The van der Waals surface area contributed by atoms with Crippen LogP contribution in [0.25, 0.3) is 15.0 Å². The lowest BCUT2D eigenvalue weighted by atomic mass is 10.1. The number of carbonyl (C=O) groups excluding carboxylic acids is 2. The van der Waals surface area contributed by atoms with Crippen molar-refractivity contribution in [2.45, 2.75) is 40.2 Å². The number of halogens is 1. The van der Waals surface area contributed by atoms with Crippen molar-refractivity contribution in [2.75, 3.05) is 6.61 Å². The van der Waals surface area contributed by atoms with Crippen LogP contribution in [-0.2, 0) is 9.53 Å². The van der Waals surface area contributed by atoms with Crippen LogP contribution in [0.2, 0.25) is 0 Å². The van der Waals surface area contributed by atoms with Gasteiger partial charge >= 0.3 is 5.97 Å². The van der Waals surface area contributed by atoms with Crippen molar-refractivity contribution in [3.63, 3.8) is 0 Å². The van der Waals surface area contributed by atoms with Crippen LogP contribution < -0.4 is 4.74 Å². The standard InChI is InChI=1S/C31H28FO4S/c1-20-16-25(37-19-27(22(3)33)26-8-6-7-9-28(26)37)17-21(2)30(20)35-18-29(34)36-31(4,5)15-14-23-10-12-24(32)13-11-23/h6-13,16-17,19H,18H2,1-5H3/q+1. The summed E-state index contributed by atoms with van der Waals surface area (Å²) in [6.45, 7) is 8.60. The quantitative estimate of drug-likeness (QED) is 0.117. The Balaban J connectivity index is 1.48. The van der Waals surface area contributed by atoms with Crippen molar-refractivity contribution >= 4 is 32.3 Å². The molecule has 0 N–H and O–H groups in total. The summed E-state index contributed by atoms with van der Waals surface area (Å²) in [6.07, 6.45) is 0. The summed E-state index contributed by atoms with van der Waals surface area (Å²) in [4.78, 5) is 25.8. The predicted molar refractivity (Wildman–Crippen MR) is 146 cm³/mol. The largest absolute Gasteiger partial charge is 0.481 e. The number of ketones is 1. The number of aryl methyl sites for hydroxylation is 2. The summed E-state index contributed by atoms with van der Waals surface area (Å²) in [7, 11) is -0.357. The molecule has 4 aromatic rings. The fraction of sp³-hybridized carbons (Fsp3) is 0.226. The van der Waals surface area contributed by atoms with Gasteiger partial charge in [-0.05, 0) is 82.1 Å². The maximum absolute atomic E-state index is 13.1. The number of hydrogen-bond donors (Lipinski definition) is 0. The average molecular weight is 516 g/mol. The topological polar surface area (TPSA) is 52.6 Å². The molecule has 0 fully saturated rings. The van der Waals surface area contributed by atoms with Crippen LogP contribution in [0.3, 0.4) is 0 Å². The zero-order valence-corrected chi connectivity index (χ0v) is 22.3. The van der Waals surface area contributed by atoms with Gasteiger partial charge in [-0.15, -0.1) is 0 Å². The van der Waals surface area contributed by atoms with Gasteiger partial charge in [-0.25, -0.2) is 9.18 Å². The molecule has 188 valence electrons. The first-order valence-corrected chi connectivity index (χ1v) is 13.1. The first-order valence-electron chi connectivity index (χ1n) is 11.8. The van der Waals surface area contributed by atoms with E-state index in [0.29, 0.717) is 11.3 Å². The lowest BCUT2D eigenvalue weighted by molar-refractivity contribution is -0.154. The lowest BCUT2D eigenvalue weighted by Crippen LogP contribution is -2.29. The molecule has 1 aromatic heterocycles. The zero-order valence-electron chi connectivity index (χ0n) is 21.5. The number of benzene rings is 3. The monoisotopic (exact) mass is 515 g/mol. The van der Waals surface area contributed by atoms with Gasteiger partial charge in [0.05, 0.1) is 10.9 Å². The third-order valence-corrected chi connectivity index (χ3v) is 7.82. The number of esters is 1. The average Bonchev–Trinajstić information content (AvgIpc) is 3.23. The maximum Gasteiger partial charge on any atom is 0.345 e. The molecule has 0 aliphatic carbocycles. The van der Waals surface area contributed by atoms with E-state index in [1.54, 1.807) is 32.9 Å². The van der Waals surface area contributed by atoms with E-state index in [9.17, 15) is 14.0 Å². The summed E-state index contributed by atoms with van der Waals surface area (Å²) in [6, 6.07) is 17.9. The molecule has 4 nitrogen and oxygen atoms in total. The van der Waals surface area contributed by atoms with Gasteiger partial charge in [0.25, 0.3) is 0 Å². The van der Waals surface area contributed by atoms with Crippen LogP contribution in [0, 0.1) is 31.5 Å². The van der Waals surface area contributed by atoms with Gasteiger partial charge in [0, 0.05) is 28.2 Å². The van der Waals surface area contributed by atoms with Crippen LogP contribution in [0.4, 0.5) is 4.39 Å². The highest BCUT2D eigenvalue weighted by Crippen LogP contribution is 2.44. The second kappa shape index (κ2) is 10.6. The highest BCUT2D eigenvalue weighted by molar-refractivity contribution is 7.44. The van der Waals surface area contributed by atoms with Crippen molar-refractivity contribution in [3.8, 4) is 22.5 Å². The minimum atomic E-state index is -1.04. The van der Waals surface area contributed by atoms with Crippen molar-refractivity contribution in [1.29, 1.82) is 0 Å². The molecule has 1 atom stereocenters. The van der Waals surface area contributed by atoms with Gasteiger partial charge in [0.15, 0.2) is 33.0 Å². The Kier molecular flexibility index (Phi) is 7.47. The molecule has 3 aromatic carbocycles. The zero-order chi connectivity index (χ0) is 26.7.